The predicted molar refractivity (Wildman–Crippen MR) is 80.5 cm³/mol. The zero-order chi connectivity index (χ0) is 14.4. The minimum atomic E-state index is -0.634. The SMILES string of the molecule is C[C@]12CCC3C(CCC4=CC(=O)CC[C@@]43O)C1CC1CC12. The molecule has 2 nitrogen and oxygen atoms in total. The molecule has 114 valence electrons. The zero-order valence-corrected chi connectivity index (χ0v) is 13.0. The number of carbonyl (C=O) groups is 1. The van der Waals surface area contributed by atoms with Crippen molar-refractivity contribution in [3.05, 3.63) is 11.6 Å². The number of hydrogen-bond acceptors (Lipinski definition) is 2. The van der Waals surface area contributed by atoms with E-state index in [1.807, 2.05) is 0 Å². The van der Waals surface area contributed by atoms with Crippen molar-refractivity contribution in [1.29, 1.82) is 0 Å². The summed E-state index contributed by atoms with van der Waals surface area (Å²) in [6.07, 6.45) is 10.6. The number of aliphatic hydroxyl groups is 1. The molecule has 5 aliphatic carbocycles. The summed E-state index contributed by atoms with van der Waals surface area (Å²) in [6, 6.07) is 0. The fraction of sp³-hybridized carbons (Fsp3) is 0.842. The van der Waals surface area contributed by atoms with Crippen LogP contribution in [0.25, 0.3) is 0 Å². The van der Waals surface area contributed by atoms with Crippen molar-refractivity contribution >= 4 is 5.78 Å². The molecule has 0 heterocycles. The van der Waals surface area contributed by atoms with E-state index in [-0.39, 0.29) is 5.78 Å². The Kier molecular flexibility index (Phi) is 2.34. The molecule has 4 saturated carbocycles. The second-order valence-corrected chi connectivity index (χ2v) is 8.86. The van der Waals surface area contributed by atoms with Crippen molar-refractivity contribution < 1.29 is 9.90 Å². The van der Waals surface area contributed by atoms with Gasteiger partial charge in [0.1, 0.15) is 0 Å². The van der Waals surface area contributed by atoms with Gasteiger partial charge in [-0.2, -0.15) is 0 Å². The van der Waals surface area contributed by atoms with Crippen molar-refractivity contribution in [2.75, 3.05) is 0 Å². The van der Waals surface area contributed by atoms with Crippen molar-refractivity contribution in [1.82, 2.24) is 0 Å². The molecule has 5 rings (SSSR count). The number of fused-ring (bicyclic) bond motifs is 7. The lowest BCUT2D eigenvalue weighted by Crippen LogP contribution is -2.55. The summed E-state index contributed by atoms with van der Waals surface area (Å²) in [6.45, 7) is 2.55. The highest BCUT2D eigenvalue weighted by molar-refractivity contribution is 5.92. The van der Waals surface area contributed by atoms with Gasteiger partial charge in [-0.05, 0) is 91.6 Å². The third kappa shape index (κ3) is 1.50. The Morgan fingerprint density at radius 2 is 1.90 bits per heavy atom. The van der Waals surface area contributed by atoms with Gasteiger partial charge in [-0.15, -0.1) is 0 Å². The van der Waals surface area contributed by atoms with Crippen LogP contribution in [0.2, 0.25) is 0 Å². The van der Waals surface area contributed by atoms with Crippen LogP contribution < -0.4 is 0 Å². The molecule has 0 aliphatic heterocycles. The van der Waals surface area contributed by atoms with Gasteiger partial charge in [0.15, 0.2) is 5.78 Å². The van der Waals surface area contributed by atoms with Crippen molar-refractivity contribution in [2.45, 2.75) is 63.9 Å². The van der Waals surface area contributed by atoms with Gasteiger partial charge >= 0.3 is 0 Å². The number of ketones is 1. The van der Waals surface area contributed by atoms with Crippen LogP contribution in [-0.4, -0.2) is 16.5 Å². The molecule has 0 amide bonds. The number of carbonyl (C=O) groups excluding carboxylic acids is 1. The quantitative estimate of drug-likeness (QED) is 0.740. The van der Waals surface area contributed by atoms with E-state index in [0.717, 1.165) is 29.7 Å². The first kappa shape index (κ1) is 12.9. The van der Waals surface area contributed by atoms with E-state index < -0.39 is 5.60 Å². The van der Waals surface area contributed by atoms with E-state index >= 15 is 0 Å². The largest absolute Gasteiger partial charge is 0.385 e. The van der Waals surface area contributed by atoms with E-state index in [4.69, 9.17) is 0 Å². The van der Waals surface area contributed by atoms with Crippen LogP contribution in [0.4, 0.5) is 0 Å². The molecular formula is C19H26O2. The third-order valence-corrected chi connectivity index (χ3v) is 8.21. The second kappa shape index (κ2) is 3.82. The first-order valence-electron chi connectivity index (χ1n) is 8.98. The fourth-order valence-corrected chi connectivity index (χ4v) is 7.08. The molecule has 0 aromatic carbocycles. The van der Waals surface area contributed by atoms with E-state index in [2.05, 4.69) is 6.92 Å². The molecule has 5 unspecified atom stereocenters. The average molecular weight is 286 g/mol. The standard InChI is InChI=1S/C19H26O2/c1-18-6-5-15-14(17(18)9-11-8-16(11)18)3-2-12-10-13(20)4-7-19(12,15)21/h10-11,14-17,21H,2-9H2,1H3/t11?,14?,15?,16?,17?,18-,19-/m1/s1. The monoisotopic (exact) mass is 286 g/mol. The maximum Gasteiger partial charge on any atom is 0.155 e. The lowest BCUT2D eigenvalue weighted by atomic mass is 9.50. The van der Waals surface area contributed by atoms with Gasteiger partial charge in [0.25, 0.3) is 0 Å². The summed E-state index contributed by atoms with van der Waals surface area (Å²) in [5.74, 6) is 4.24. The maximum atomic E-state index is 11.7. The molecule has 0 aromatic rings. The van der Waals surface area contributed by atoms with Crippen molar-refractivity contribution in [2.24, 2.45) is 35.0 Å². The molecular weight excluding hydrogens is 260 g/mol. The molecule has 0 aromatic heterocycles. The van der Waals surface area contributed by atoms with Crippen LogP contribution in [0.5, 0.6) is 0 Å². The minimum absolute atomic E-state index is 0.232. The van der Waals surface area contributed by atoms with Gasteiger partial charge in [0.2, 0.25) is 0 Å². The third-order valence-electron chi connectivity index (χ3n) is 8.21. The highest BCUT2D eigenvalue weighted by Crippen LogP contribution is 2.72. The van der Waals surface area contributed by atoms with Gasteiger partial charge in [-0.3, -0.25) is 4.79 Å². The topological polar surface area (TPSA) is 37.3 Å². The molecule has 2 heteroatoms. The highest BCUT2D eigenvalue weighted by atomic mass is 16.3. The van der Waals surface area contributed by atoms with E-state index in [9.17, 15) is 9.90 Å². The summed E-state index contributed by atoms with van der Waals surface area (Å²) in [5, 5.41) is 11.4. The number of hydrogen-bond donors (Lipinski definition) is 1. The summed E-state index contributed by atoms with van der Waals surface area (Å²) in [7, 11) is 0. The molecule has 0 bridgehead atoms. The fourth-order valence-electron chi connectivity index (χ4n) is 7.08. The Morgan fingerprint density at radius 1 is 1.10 bits per heavy atom. The van der Waals surface area contributed by atoms with E-state index in [0.29, 0.717) is 30.1 Å². The summed E-state index contributed by atoms with van der Waals surface area (Å²) in [4.78, 5) is 11.7. The Balaban J connectivity index is 1.51. The first-order chi connectivity index (χ1) is 10.0. The molecule has 0 saturated heterocycles. The minimum Gasteiger partial charge on any atom is -0.385 e. The maximum absolute atomic E-state index is 11.7. The van der Waals surface area contributed by atoms with Gasteiger partial charge < -0.3 is 5.11 Å². The van der Waals surface area contributed by atoms with Gasteiger partial charge in [-0.25, -0.2) is 0 Å². The predicted octanol–water partition coefficient (Wildman–Crippen LogP) is 3.49. The summed E-state index contributed by atoms with van der Waals surface area (Å²) < 4.78 is 0. The summed E-state index contributed by atoms with van der Waals surface area (Å²) in [5.41, 5.74) is 1.02. The van der Waals surface area contributed by atoms with E-state index in [1.54, 1.807) is 6.08 Å². The van der Waals surface area contributed by atoms with Gasteiger partial charge in [0.05, 0.1) is 5.60 Å². The molecule has 4 fully saturated rings. The van der Waals surface area contributed by atoms with Crippen molar-refractivity contribution in [3.63, 3.8) is 0 Å². The lowest BCUT2D eigenvalue weighted by Gasteiger charge is -2.56. The molecule has 0 radical (unpaired) electrons. The van der Waals surface area contributed by atoms with Crippen LogP contribution in [0.3, 0.4) is 0 Å². The normalized spacial score (nSPS) is 57.7. The van der Waals surface area contributed by atoms with Crippen molar-refractivity contribution in [3.8, 4) is 0 Å². The molecule has 7 atom stereocenters. The Labute approximate surface area is 127 Å². The van der Waals surface area contributed by atoms with Gasteiger partial charge in [-0.1, -0.05) is 6.92 Å². The molecule has 5 aliphatic rings. The Bertz CT molecular complexity index is 550. The van der Waals surface area contributed by atoms with Crippen LogP contribution >= 0.6 is 0 Å². The zero-order valence-electron chi connectivity index (χ0n) is 13.0. The van der Waals surface area contributed by atoms with E-state index in [1.165, 1.54) is 32.1 Å². The van der Waals surface area contributed by atoms with Crippen LogP contribution in [0, 0.1) is 35.0 Å². The molecule has 0 spiro atoms. The van der Waals surface area contributed by atoms with Crippen LogP contribution in [-0.2, 0) is 4.79 Å². The van der Waals surface area contributed by atoms with Gasteiger partial charge in [0, 0.05) is 6.42 Å². The van der Waals surface area contributed by atoms with Crippen LogP contribution in [0.15, 0.2) is 11.6 Å². The Hall–Kier alpha value is -0.630. The van der Waals surface area contributed by atoms with Crippen LogP contribution in [0.1, 0.15) is 58.3 Å². The lowest BCUT2D eigenvalue weighted by molar-refractivity contribution is -0.126. The number of rotatable bonds is 0. The Morgan fingerprint density at radius 3 is 2.76 bits per heavy atom. The molecule has 21 heavy (non-hydrogen) atoms. The smallest absolute Gasteiger partial charge is 0.155 e. The highest BCUT2D eigenvalue weighted by Gasteiger charge is 2.66. The summed E-state index contributed by atoms with van der Waals surface area (Å²) >= 11 is 0. The average Bonchev–Trinajstić information content (AvgIpc) is 3.17. The molecule has 1 N–H and O–H groups in total. The second-order valence-electron chi connectivity index (χ2n) is 8.86. The first-order valence-corrected chi connectivity index (χ1v) is 8.98.